The van der Waals surface area contributed by atoms with E-state index in [1.54, 1.807) is 11.8 Å². The highest BCUT2D eigenvalue weighted by Gasteiger charge is 2.00. The van der Waals surface area contributed by atoms with Gasteiger partial charge in [0, 0.05) is 34.0 Å². The van der Waals surface area contributed by atoms with E-state index in [0.29, 0.717) is 18.1 Å². The Kier molecular flexibility index (Phi) is 18.8. The van der Waals surface area contributed by atoms with E-state index < -0.39 is 11.2 Å². The second-order valence-corrected chi connectivity index (χ2v) is 10.3. The van der Waals surface area contributed by atoms with Crippen molar-refractivity contribution in [1.82, 2.24) is 5.32 Å². The van der Waals surface area contributed by atoms with Gasteiger partial charge >= 0.3 is 0 Å². The van der Waals surface area contributed by atoms with Crippen LogP contribution in [0.25, 0.3) is 0 Å². The van der Waals surface area contributed by atoms with Crippen molar-refractivity contribution in [3.05, 3.63) is 0 Å². The van der Waals surface area contributed by atoms with Crippen LogP contribution in [0, 0.1) is 0 Å². The summed E-state index contributed by atoms with van der Waals surface area (Å²) in [4.78, 5) is 15.3. The van der Waals surface area contributed by atoms with Crippen molar-refractivity contribution in [2.45, 2.75) is 6.92 Å². The number of hydrogen-bond acceptors (Lipinski definition) is 8. The maximum atomic E-state index is 11.2. The van der Waals surface area contributed by atoms with Crippen molar-refractivity contribution in [3.63, 3.8) is 0 Å². The van der Waals surface area contributed by atoms with Gasteiger partial charge in [-0.1, -0.05) is 11.8 Å². The molecule has 0 aliphatic rings. The summed E-state index contributed by atoms with van der Waals surface area (Å²) < 4.78 is 11.1. The Morgan fingerprint density at radius 3 is 2.68 bits per heavy atom. The van der Waals surface area contributed by atoms with E-state index in [1.165, 1.54) is 5.55 Å². The van der Waals surface area contributed by atoms with Gasteiger partial charge in [-0.3, -0.25) is 4.79 Å². The Morgan fingerprint density at radius 2 is 2.00 bits per heavy atom. The van der Waals surface area contributed by atoms with Crippen LogP contribution in [0.3, 0.4) is 0 Å². The highest BCUT2D eigenvalue weighted by atomic mass is 32.2. The van der Waals surface area contributed by atoms with E-state index in [2.05, 4.69) is 10.3 Å². The molecule has 0 fully saturated rings. The van der Waals surface area contributed by atoms with Gasteiger partial charge in [0.25, 0.3) is 5.24 Å². The van der Waals surface area contributed by atoms with Crippen molar-refractivity contribution < 1.29 is 14.5 Å². The quantitative estimate of drug-likeness (QED) is 0.151. The second kappa shape index (κ2) is 18.2. The molecule has 2 N–H and O–H groups in total. The third kappa shape index (κ3) is 17.2. The monoisotopic (exact) mass is 404 g/mol. The number of aliphatic hydroxyl groups is 1. The number of amides is 1. The number of hydrogen-bond donors (Lipinski definition) is 2. The highest BCUT2D eigenvalue weighted by Crippen LogP contribution is 2.17. The molecule has 0 heterocycles. The minimum absolute atomic E-state index is 0.0307. The summed E-state index contributed by atoms with van der Waals surface area (Å²) in [5.74, 6) is 2.93. The van der Waals surface area contributed by atoms with Crippen LogP contribution in [0.1, 0.15) is 6.92 Å². The van der Waals surface area contributed by atoms with Crippen LogP contribution in [0.5, 0.6) is 0 Å². The molecule has 1 atom stereocenters. The number of carbonyl (C=O) groups is 1. The lowest BCUT2D eigenvalue weighted by molar-refractivity contribution is 0.261. The van der Waals surface area contributed by atoms with Gasteiger partial charge in [-0.05, 0) is 18.1 Å². The lowest BCUT2D eigenvalue weighted by Crippen LogP contribution is -2.22. The van der Waals surface area contributed by atoms with Gasteiger partial charge in [-0.2, -0.15) is 0 Å². The van der Waals surface area contributed by atoms with E-state index in [9.17, 15) is 9.35 Å². The Labute approximate surface area is 153 Å². The Morgan fingerprint density at radius 1 is 1.27 bits per heavy atom. The van der Waals surface area contributed by atoms with E-state index >= 15 is 0 Å². The normalized spacial score (nSPS) is 12.7. The Hall–Kier alpha value is 0.810. The predicted molar refractivity (Wildman–Crippen MR) is 107 cm³/mol. The van der Waals surface area contributed by atoms with Crippen molar-refractivity contribution >= 4 is 69.0 Å². The molecule has 0 radical (unpaired) electrons. The zero-order valence-electron chi connectivity index (χ0n) is 12.7. The SMILES string of the molecule is CC[S+]([O-])/C=N/CCSCSCSCCNC(=O)SCCO. The molecular formula is C12H24N2O3S5. The molecule has 1 unspecified atom stereocenters. The van der Waals surface area contributed by atoms with Crippen molar-refractivity contribution in [2.75, 3.05) is 52.9 Å². The maximum absolute atomic E-state index is 11.2. The number of aliphatic imine (C=N–C) groups is 1. The van der Waals surface area contributed by atoms with Crippen LogP contribution in [0.4, 0.5) is 4.79 Å². The zero-order chi connectivity index (χ0) is 16.5. The first-order chi connectivity index (χ1) is 10.7. The van der Waals surface area contributed by atoms with E-state index in [1.807, 2.05) is 30.4 Å². The van der Waals surface area contributed by atoms with Gasteiger partial charge in [-0.25, -0.2) is 4.99 Å². The second-order valence-electron chi connectivity index (χ2n) is 3.72. The van der Waals surface area contributed by atoms with Gasteiger partial charge in [0.2, 0.25) is 5.55 Å². The summed E-state index contributed by atoms with van der Waals surface area (Å²) in [5, 5.41) is 13.3. The Bertz CT molecular complexity index is 298. The molecule has 0 bridgehead atoms. The van der Waals surface area contributed by atoms with Crippen LogP contribution in [0.2, 0.25) is 0 Å². The maximum Gasteiger partial charge on any atom is 0.279 e. The van der Waals surface area contributed by atoms with Gasteiger partial charge in [0.1, 0.15) is 5.75 Å². The van der Waals surface area contributed by atoms with Gasteiger partial charge < -0.3 is 15.0 Å². The summed E-state index contributed by atoms with van der Waals surface area (Å²) in [6.07, 6.45) is 0. The smallest absolute Gasteiger partial charge is 0.279 e. The lowest BCUT2D eigenvalue weighted by Gasteiger charge is -2.04. The third-order valence-corrected chi connectivity index (χ3v) is 7.39. The van der Waals surface area contributed by atoms with Crippen LogP contribution in [0.15, 0.2) is 4.99 Å². The third-order valence-electron chi connectivity index (χ3n) is 2.01. The summed E-state index contributed by atoms with van der Waals surface area (Å²) in [7, 11) is 0. The largest absolute Gasteiger partial charge is 0.611 e. The summed E-state index contributed by atoms with van der Waals surface area (Å²) >= 11 is 5.70. The molecule has 0 saturated carbocycles. The Balaban J connectivity index is 3.17. The van der Waals surface area contributed by atoms with Crippen molar-refractivity contribution in [3.8, 4) is 0 Å². The minimum atomic E-state index is -0.900. The van der Waals surface area contributed by atoms with Crippen LogP contribution < -0.4 is 5.32 Å². The van der Waals surface area contributed by atoms with E-state index in [-0.39, 0.29) is 11.8 Å². The highest BCUT2D eigenvalue weighted by molar-refractivity contribution is 8.22. The van der Waals surface area contributed by atoms with Crippen molar-refractivity contribution in [2.24, 2.45) is 4.99 Å². The fraction of sp³-hybridized carbons (Fsp3) is 0.833. The zero-order valence-corrected chi connectivity index (χ0v) is 16.8. The molecule has 130 valence electrons. The van der Waals surface area contributed by atoms with Gasteiger partial charge in [0.15, 0.2) is 0 Å². The minimum Gasteiger partial charge on any atom is -0.611 e. The molecule has 0 aromatic heterocycles. The number of nitrogens with zero attached hydrogens (tertiary/aromatic N) is 1. The summed E-state index contributed by atoms with van der Waals surface area (Å²) in [6.45, 7) is 3.30. The predicted octanol–water partition coefficient (Wildman–Crippen LogP) is 2.33. The molecule has 0 aromatic rings. The number of rotatable bonds is 14. The standard InChI is InChI=1S/C12H24N2O3S5/c1-2-22(17)9-13-3-6-18-10-20-11-19-7-4-14-12(16)21-8-5-15/h9,15H,2-8,10-11H2,1H3,(H,14,16)/b13-9+. The fourth-order valence-corrected chi connectivity index (χ4v) is 5.16. The fourth-order valence-electron chi connectivity index (χ4n) is 1.01. The first-order valence-corrected chi connectivity index (χ1v) is 12.7. The first-order valence-electron chi connectivity index (χ1n) is 6.82. The molecule has 1 amide bonds. The average molecular weight is 405 g/mol. The summed E-state index contributed by atoms with van der Waals surface area (Å²) in [6, 6.07) is 0. The molecule has 0 aliphatic heterocycles. The van der Waals surface area contributed by atoms with E-state index in [4.69, 9.17) is 5.11 Å². The van der Waals surface area contributed by atoms with Crippen LogP contribution >= 0.6 is 47.0 Å². The first kappa shape index (κ1) is 22.8. The number of nitrogens with one attached hydrogen (secondary N) is 1. The number of thioether (sulfide) groups is 4. The van der Waals surface area contributed by atoms with Gasteiger partial charge in [0.05, 0.1) is 13.2 Å². The number of carbonyl (C=O) groups excluding carboxylic acids is 1. The molecule has 10 heteroatoms. The average Bonchev–Trinajstić information content (AvgIpc) is 2.53. The molecule has 0 saturated heterocycles. The molecule has 0 aliphatic carbocycles. The molecular weight excluding hydrogens is 380 g/mol. The summed E-state index contributed by atoms with van der Waals surface area (Å²) in [5.41, 5.74) is 1.54. The van der Waals surface area contributed by atoms with Crippen LogP contribution in [-0.4, -0.2) is 73.3 Å². The molecule has 0 rings (SSSR count). The van der Waals surface area contributed by atoms with E-state index in [0.717, 1.165) is 40.0 Å². The number of aliphatic hydroxyl groups excluding tert-OH is 1. The van der Waals surface area contributed by atoms with Gasteiger partial charge in [-0.15, -0.1) is 35.3 Å². The topological polar surface area (TPSA) is 84.8 Å². The molecule has 0 aromatic carbocycles. The molecule has 22 heavy (non-hydrogen) atoms. The van der Waals surface area contributed by atoms with Crippen molar-refractivity contribution in [1.29, 1.82) is 0 Å². The van der Waals surface area contributed by atoms with Crippen LogP contribution in [-0.2, 0) is 11.2 Å². The lowest BCUT2D eigenvalue weighted by atomic mass is 10.8. The molecule has 5 nitrogen and oxygen atoms in total. The molecule has 0 spiro atoms.